The van der Waals surface area contributed by atoms with E-state index in [9.17, 15) is 8.42 Å². The molecule has 0 atom stereocenters. The second-order valence-corrected chi connectivity index (χ2v) is 4.21. The van der Waals surface area contributed by atoms with Gasteiger partial charge in [0.2, 0.25) is 0 Å². The third kappa shape index (κ3) is 1.03. The number of hydrogen-bond donors (Lipinski definition) is 1. The molecule has 0 bridgehead atoms. The molecule has 0 aliphatic heterocycles. The van der Waals surface area contributed by atoms with Crippen molar-refractivity contribution in [3.8, 4) is 0 Å². The first-order chi connectivity index (χ1) is 5.70. The molecule has 2 aromatic heterocycles. The zero-order valence-electron chi connectivity index (χ0n) is 5.60. The molecule has 0 spiro atoms. The van der Waals surface area contributed by atoms with Gasteiger partial charge >= 0.3 is 0 Å². The van der Waals surface area contributed by atoms with E-state index in [-0.39, 0.29) is 10.2 Å². The Labute approximate surface area is 78.4 Å². The van der Waals surface area contributed by atoms with Gasteiger partial charge in [-0.15, -0.1) is 11.3 Å². The zero-order chi connectivity index (χ0) is 8.72. The molecule has 2 rings (SSSR count). The van der Waals surface area contributed by atoms with Crippen molar-refractivity contribution in [3.63, 3.8) is 0 Å². The maximum Gasteiger partial charge on any atom is 0.196 e. The van der Waals surface area contributed by atoms with E-state index in [0.717, 1.165) is 0 Å². The summed E-state index contributed by atoms with van der Waals surface area (Å²) in [5, 5.41) is 1.85. The Balaban J connectivity index is 2.94. The molecule has 7 heteroatoms. The summed E-state index contributed by atoms with van der Waals surface area (Å²) in [6, 6.07) is 0. The summed E-state index contributed by atoms with van der Waals surface area (Å²) in [6.45, 7) is 0. The van der Waals surface area contributed by atoms with Gasteiger partial charge in [-0.3, -0.25) is 4.40 Å². The lowest BCUT2D eigenvalue weighted by atomic mass is 10.9. The van der Waals surface area contributed by atoms with Crippen molar-refractivity contribution in [1.29, 1.82) is 0 Å². The molecule has 0 amide bonds. The Morgan fingerprint density at radius 3 is 3.00 bits per heavy atom. The highest BCUT2D eigenvalue weighted by molar-refractivity contribution is 7.72. The highest BCUT2D eigenvalue weighted by Crippen LogP contribution is 2.21. The van der Waals surface area contributed by atoms with Crippen molar-refractivity contribution < 1.29 is 8.42 Å². The highest BCUT2D eigenvalue weighted by Gasteiger charge is 2.12. The van der Waals surface area contributed by atoms with E-state index in [4.69, 9.17) is 11.6 Å². The van der Waals surface area contributed by atoms with Gasteiger partial charge in [-0.25, -0.2) is 13.4 Å². The van der Waals surface area contributed by atoms with Crippen molar-refractivity contribution in [1.82, 2.24) is 9.38 Å². The van der Waals surface area contributed by atoms with Crippen LogP contribution in [0.4, 0.5) is 0 Å². The second-order valence-electron chi connectivity index (χ2n) is 2.04. The van der Waals surface area contributed by atoms with E-state index in [1.165, 1.54) is 15.7 Å². The fourth-order valence-electron chi connectivity index (χ4n) is 0.911. The fraction of sp³-hybridized carbons (Fsp3) is 0. The molecule has 0 saturated heterocycles. The Bertz CT molecular complexity index is 490. The van der Waals surface area contributed by atoms with Gasteiger partial charge < -0.3 is 0 Å². The average molecular weight is 223 g/mol. The summed E-state index contributed by atoms with van der Waals surface area (Å²) in [5.74, 6) is 0. The van der Waals surface area contributed by atoms with Crippen LogP contribution in [0.5, 0.6) is 0 Å². The molecule has 0 saturated carbocycles. The van der Waals surface area contributed by atoms with Crippen LogP contribution in [0.15, 0.2) is 16.6 Å². The van der Waals surface area contributed by atoms with Crippen molar-refractivity contribution >= 4 is 38.6 Å². The van der Waals surface area contributed by atoms with Crippen LogP contribution < -0.4 is 0 Å². The van der Waals surface area contributed by atoms with E-state index in [1.807, 2.05) is 0 Å². The topological polar surface area (TPSA) is 51.4 Å². The third-order valence-electron chi connectivity index (χ3n) is 1.37. The lowest BCUT2D eigenvalue weighted by Crippen LogP contribution is -1.86. The fourth-order valence-corrected chi connectivity index (χ4v) is 2.66. The van der Waals surface area contributed by atoms with Crippen LogP contribution in [0.1, 0.15) is 0 Å². The van der Waals surface area contributed by atoms with Gasteiger partial charge in [-0.05, 0) is 0 Å². The molecule has 0 fully saturated rings. The summed E-state index contributed by atoms with van der Waals surface area (Å²) in [4.78, 5) is 4.45. The molecule has 2 heterocycles. The van der Waals surface area contributed by atoms with Gasteiger partial charge in [0.05, 0.1) is 0 Å². The monoisotopic (exact) mass is 222 g/mol. The normalized spacial score (nSPS) is 11.5. The zero-order valence-corrected chi connectivity index (χ0v) is 8.07. The van der Waals surface area contributed by atoms with Crippen molar-refractivity contribution in [2.45, 2.75) is 5.03 Å². The predicted octanol–water partition coefficient (Wildman–Crippen LogP) is 1.02. The number of hydrogen-bond acceptors (Lipinski definition) is 4. The van der Waals surface area contributed by atoms with Crippen LogP contribution in [0, 0.1) is 0 Å². The summed E-state index contributed by atoms with van der Waals surface area (Å²) < 4.78 is 22.8. The molecular weight excluding hydrogens is 220 g/mol. The van der Waals surface area contributed by atoms with E-state index in [1.54, 1.807) is 11.6 Å². The number of imidazole rings is 1. The number of aromatic nitrogens is 2. The summed E-state index contributed by atoms with van der Waals surface area (Å²) in [7, 11) is -2.68. The number of rotatable bonds is 1. The smallest absolute Gasteiger partial charge is 0.196 e. The largest absolute Gasteiger partial charge is 0.280 e. The van der Waals surface area contributed by atoms with Crippen LogP contribution in [-0.4, -0.2) is 17.8 Å². The second kappa shape index (κ2) is 2.72. The van der Waals surface area contributed by atoms with E-state index < -0.39 is 10.7 Å². The molecule has 0 N–H and O–H groups in total. The number of halogens is 1. The highest BCUT2D eigenvalue weighted by atomic mass is 35.5. The van der Waals surface area contributed by atoms with Gasteiger partial charge in [0.15, 0.2) is 25.8 Å². The molecular formula is C5H3ClN2O2S2. The van der Waals surface area contributed by atoms with Gasteiger partial charge in [-0.2, -0.15) is 0 Å². The minimum absolute atomic E-state index is 0.0398. The minimum atomic E-state index is -2.68. The molecule has 12 heavy (non-hydrogen) atoms. The molecule has 0 aliphatic carbocycles. The molecule has 0 radical (unpaired) electrons. The Morgan fingerprint density at radius 2 is 2.33 bits per heavy atom. The number of thiol groups is 1. The van der Waals surface area contributed by atoms with Gasteiger partial charge in [0.25, 0.3) is 0 Å². The summed E-state index contributed by atoms with van der Waals surface area (Å²) in [6.07, 6.45) is 1.62. The Morgan fingerprint density at radius 1 is 1.58 bits per heavy atom. The van der Waals surface area contributed by atoms with Gasteiger partial charge in [0, 0.05) is 11.6 Å². The molecule has 64 valence electrons. The average Bonchev–Trinajstić information content (AvgIpc) is 2.44. The molecule has 4 nitrogen and oxygen atoms in total. The minimum Gasteiger partial charge on any atom is -0.280 e. The predicted molar refractivity (Wildman–Crippen MR) is 46.7 cm³/mol. The van der Waals surface area contributed by atoms with E-state index in [2.05, 4.69) is 4.98 Å². The number of fused-ring (bicyclic) bond motifs is 1. The first-order valence-electron chi connectivity index (χ1n) is 2.95. The Kier molecular flexibility index (Phi) is 1.82. The number of nitrogens with zero attached hydrogens (tertiary/aromatic N) is 2. The SMILES string of the molecule is O=[SH](=O)c1c(Cl)nc2sccn12. The van der Waals surface area contributed by atoms with E-state index >= 15 is 0 Å². The molecule has 0 aromatic carbocycles. The van der Waals surface area contributed by atoms with Crippen LogP contribution in [0.2, 0.25) is 5.15 Å². The molecule has 0 aliphatic rings. The van der Waals surface area contributed by atoms with Crippen LogP contribution in [0.3, 0.4) is 0 Å². The lowest BCUT2D eigenvalue weighted by molar-refractivity contribution is 0.610. The quantitative estimate of drug-likeness (QED) is 0.733. The van der Waals surface area contributed by atoms with Crippen molar-refractivity contribution in [3.05, 3.63) is 16.7 Å². The van der Waals surface area contributed by atoms with Crippen LogP contribution in [-0.2, 0) is 10.7 Å². The first kappa shape index (κ1) is 8.03. The standard InChI is InChI=1S/C5H3ClN2O2S2/c6-3-4(12(9)10)8-1-2-11-5(8)7-3/h1-2,12H. The molecule has 0 unspecified atom stereocenters. The van der Waals surface area contributed by atoms with Gasteiger partial charge in [0.1, 0.15) is 0 Å². The maximum absolute atomic E-state index is 10.7. The van der Waals surface area contributed by atoms with Crippen molar-refractivity contribution in [2.75, 3.05) is 0 Å². The van der Waals surface area contributed by atoms with Crippen LogP contribution in [0.25, 0.3) is 4.96 Å². The molecule has 2 aromatic rings. The first-order valence-corrected chi connectivity index (χ1v) is 5.39. The lowest BCUT2D eigenvalue weighted by Gasteiger charge is -1.85. The third-order valence-corrected chi connectivity index (χ3v) is 3.29. The summed E-state index contributed by atoms with van der Waals surface area (Å²) in [5.41, 5.74) is 0. The number of thiazole rings is 1. The summed E-state index contributed by atoms with van der Waals surface area (Å²) >= 11 is 6.93. The van der Waals surface area contributed by atoms with Crippen molar-refractivity contribution in [2.24, 2.45) is 0 Å². The Hall–Kier alpha value is -0.590. The van der Waals surface area contributed by atoms with Gasteiger partial charge in [-0.1, -0.05) is 11.6 Å². The maximum atomic E-state index is 10.7. The van der Waals surface area contributed by atoms with Crippen LogP contribution >= 0.6 is 22.9 Å². The van der Waals surface area contributed by atoms with E-state index in [0.29, 0.717) is 4.96 Å².